The van der Waals surface area contributed by atoms with Crippen molar-refractivity contribution >= 4 is 60.8 Å². The summed E-state index contributed by atoms with van der Waals surface area (Å²) in [4.78, 5) is 11.3. The Morgan fingerprint density at radius 3 is 2.46 bits per heavy atom. The molecule has 0 aliphatic carbocycles. The number of benzene rings is 1. The highest BCUT2D eigenvalue weighted by Crippen LogP contribution is 2.29. The molecule has 0 unspecified atom stereocenters. The maximum atomic E-state index is 11.3. The van der Waals surface area contributed by atoms with Gasteiger partial charge >= 0.3 is 0 Å². The van der Waals surface area contributed by atoms with E-state index in [1.807, 2.05) is 0 Å². The summed E-state index contributed by atoms with van der Waals surface area (Å²) in [5, 5.41) is 1.12. The second-order valence-electron chi connectivity index (χ2n) is 2.30. The standard InChI is InChI=1S/C8H4Br2Cl2O/c9-3-8(13)4-1-5(10)7(12)2-6(4)11/h1-2H,3H2. The molecule has 5 heteroatoms. The molecule has 0 atom stereocenters. The molecule has 0 aliphatic rings. The summed E-state index contributed by atoms with van der Waals surface area (Å²) in [7, 11) is 0. The smallest absolute Gasteiger partial charge is 0.174 e. The van der Waals surface area contributed by atoms with Crippen LogP contribution in [0.4, 0.5) is 0 Å². The summed E-state index contributed by atoms with van der Waals surface area (Å²) in [6.07, 6.45) is 0. The van der Waals surface area contributed by atoms with E-state index in [0.717, 1.165) is 0 Å². The first kappa shape index (κ1) is 11.5. The minimum absolute atomic E-state index is 0.0673. The van der Waals surface area contributed by atoms with Gasteiger partial charge in [0.1, 0.15) is 0 Å². The molecule has 1 rings (SSSR count). The molecule has 70 valence electrons. The molecule has 13 heavy (non-hydrogen) atoms. The zero-order valence-electron chi connectivity index (χ0n) is 6.28. The van der Waals surface area contributed by atoms with Crippen LogP contribution in [0.3, 0.4) is 0 Å². The third kappa shape index (κ3) is 2.69. The molecule has 0 amide bonds. The number of rotatable bonds is 2. The van der Waals surface area contributed by atoms with Crippen LogP contribution in [-0.2, 0) is 0 Å². The van der Waals surface area contributed by atoms with E-state index in [1.54, 1.807) is 12.1 Å². The number of hydrogen-bond acceptors (Lipinski definition) is 1. The zero-order chi connectivity index (χ0) is 10.0. The number of hydrogen-bond donors (Lipinski definition) is 0. The molecule has 0 bridgehead atoms. The quantitative estimate of drug-likeness (QED) is 0.442. The van der Waals surface area contributed by atoms with Gasteiger partial charge in [-0.1, -0.05) is 39.1 Å². The average Bonchev–Trinajstić information content (AvgIpc) is 2.10. The van der Waals surface area contributed by atoms with E-state index in [0.29, 0.717) is 20.1 Å². The van der Waals surface area contributed by atoms with E-state index >= 15 is 0 Å². The van der Waals surface area contributed by atoms with Gasteiger partial charge in [-0.15, -0.1) is 0 Å². The van der Waals surface area contributed by atoms with E-state index < -0.39 is 0 Å². The lowest BCUT2D eigenvalue weighted by molar-refractivity contribution is 0.102. The van der Waals surface area contributed by atoms with Gasteiger partial charge in [0.05, 0.1) is 15.4 Å². The van der Waals surface area contributed by atoms with E-state index in [2.05, 4.69) is 31.9 Å². The molecule has 0 saturated heterocycles. The minimum atomic E-state index is -0.0673. The lowest BCUT2D eigenvalue weighted by Gasteiger charge is -2.03. The highest BCUT2D eigenvalue weighted by molar-refractivity contribution is 9.10. The molecule has 0 radical (unpaired) electrons. The number of ketones is 1. The Morgan fingerprint density at radius 2 is 1.92 bits per heavy atom. The average molecular weight is 347 g/mol. The second kappa shape index (κ2) is 4.78. The lowest BCUT2D eigenvalue weighted by atomic mass is 10.1. The molecule has 1 nitrogen and oxygen atoms in total. The highest BCUT2D eigenvalue weighted by atomic mass is 79.9. The van der Waals surface area contributed by atoms with Crippen molar-refractivity contribution in [1.29, 1.82) is 0 Å². The van der Waals surface area contributed by atoms with Crippen molar-refractivity contribution in [2.75, 3.05) is 5.33 Å². The Labute approximate surface area is 103 Å². The number of halogens is 4. The van der Waals surface area contributed by atoms with Gasteiger partial charge in [-0.3, -0.25) is 4.79 Å². The maximum absolute atomic E-state index is 11.3. The van der Waals surface area contributed by atoms with Gasteiger partial charge in [0.25, 0.3) is 0 Å². The fourth-order valence-corrected chi connectivity index (χ4v) is 1.94. The molecule has 0 aromatic heterocycles. The summed E-state index contributed by atoms with van der Waals surface area (Å²) in [5.41, 5.74) is 0.467. The lowest BCUT2D eigenvalue weighted by Crippen LogP contribution is -2.00. The summed E-state index contributed by atoms with van der Waals surface area (Å²) in [6, 6.07) is 3.16. The van der Waals surface area contributed by atoms with Crippen LogP contribution in [0.1, 0.15) is 10.4 Å². The Balaban J connectivity index is 3.23. The molecule has 0 aliphatic heterocycles. The SMILES string of the molecule is O=C(CBr)c1cc(Br)c(Cl)cc1Cl. The summed E-state index contributed by atoms with van der Waals surface area (Å²) in [6.45, 7) is 0. The topological polar surface area (TPSA) is 17.1 Å². The van der Waals surface area contributed by atoms with Crippen molar-refractivity contribution in [3.63, 3.8) is 0 Å². The summed E-state index contributed by atoms with van der Waals surface area (Å²) < 4.78 is 0.669. The number of carbonyl (C=O) groups is 1. The fourth-order valence-electron chi connectivity index (χ4n) is 0.808. The van der Waals surface area contributed by atoms with Gasteiger partial charge in [0.2, 0.25) is 0 Å². The summed E-state index contributed by atoms with van der Waals surface area (Å²) >= 11 is 17.9. The van der Waals surface area contributed by atoms with Crippen molar-refractivity contribution in [3.8, 4) is 0 Å². The Kier molecular flexibility index (Phi) is 4.23. The van der Waals surface area contributed by atoms with Gasteiger partial charge in [0.15, 0.2) is 5.78 Å². The van der Waals surface area contributed by atoms with Crippen molar-refractivity contribution in [2.24, 2.45) is 0 Å². The van der Waals surface area contributed by atoms with E-state index in [9.17, 15) is 4.79 Å². The molecule has 0 spiro atoms. The normalized spacial score (nSPS) is 10.2. The molecule has 0 heterocycles. The first-order chi connectivity index (χ1) is 6.06. The van der Waals surface area contributed by atoms with E-state index in [4.69, 9.17) is 23.2 Å². The molecule has 0 N–H and O–H groups in total. The van der Waals surface area contributed by atoms with Gasteiger partial charge in [-0.25, -0.2) is 0 Å². The van der Waals surface area contributed by atoms with Crippen molar-refractivity contribution in [2.45, 2.75) is 0 Å². The predicted molar refractivity (Wildman–Crippen MR) is 62.3 cm³/mol. The fraction of sp³-hybridized carbons (Fsp3) is 0.125. The maximum Gasteiger partial charge on any atom is 0.174 e. The Morgan fingerprint density at radius 1 is 1.31 bits per heavy atom. The number of carbonyl (C=O) groups excluding carboxylic acids is 1. The Bertz CT molecular complexity index is 352. The number of alkyl halides is 1. The van der Waals surface area contributed by atoms with Crippen LogP contribution < -0.4 is 0 Å². The van der Waals surface area contributed by atoms with Crippen LogP contribution in [0.5, 0.6) is 0 Å². The largest absolute Gasteiger partial charge is 0.293 e. The molecule has 1 aromatic rings. The monoisotopic (exact) mass is 344 g/mol. The summed E-state index contributed by atoms with van der Waals surface area (Å²) in [5.74, 6) is -0.0673. The molecular weight excluding hydrogens is 343 g/mol. The van der Waals surface area contributed by atoms with Crippen LogP contribution in [0, 0.1) is 0 Å². The van der Waals surface area contributed by atoms with Gasteiger partial charge in [-0.05, 0) is 28.1 Å². The molecular formula is C8H4Br2Cl2O. The van der Waals surface area contributed by atoms with Crippen molar-refractivity contribution < 1.29 is 4.79 Å². The van der Waals surface area contributed by atoms with Crippen LogP contribution in [-0.4, -0.2) is 11.1 Å². The van der Waals surface area contributed by atoms with Crippen LogP contribution in [0.15, 0.2) is 16.6 Å². The van der Waals surface area contributed by atoms with Crippen molar-refractivity contribution in [3.05, 3.63) is 32.2 Å². The first-order valence-electron chi connectivity index (χ1n) is 3.30. The highest BCUT2D eigenvalue weighted by Gasteiger charge is 2.11. The third-order valence-electron chi connectivity index (χ3n) is 1.43. The van der Waals surface area contributed by atoms with Gasteiger partial charge < -0.3 is 0 Å². The predicted octanol–water partition coefficient (Wildman–Crippen LogP) is 4.33. The van der Waals surface area contributed by atoms with E-state index in [-0.39, 0.29) is 11.1 Å². The molecule has 0 fully saturated rings. The van der Waals surface area contributed by atoms with Gasteiger partial charge in [0, 0.05) is 10.0 Å². The van der Waals surface area contributed by atoms with Crippen molar-refractivity contribution in [1.82, 2.24) is 0 Å². The van der Waals surface area contributed by atoms with E-state index in [1.165, 1.54) is 0 Å². The Hall–Kier alpha value is 0.430. The molecule has 0 saturated carbocycles. The van der Waals surface area contributed by atoms with Crippen LogP contribution in [0.25, 0.3) is 0 Å². The number of Topliss-reactive ketones (excluding diaryl/α,β-unsaturated/α-hetero) is 1. The molecule has 1 aromatic carbocycles. The minimum Gasteiger partial charge on any atom is -0.293 e. The second-order valence-corrected chi connectivity index (χ2v) is 4.53. The third-order valence-corrected chi connectivity index (χ3v) is 3.45. The zero-order valence-corrected chi connectivity index (χ0v) is 11.0. The van der Waals surface area contributed by atoms with Crippen LogP contribution >= 0.6 is 55.1 Å². The van der Waals surface area contributed by atoms with Gasteiger partial charge in [-0.2, -0.15) is 0 Å². The van der Waals surface area contributed by atoms with Crippen LogP contribution in [0.2, 0.25) is 10.0 Å². The first-order valence-corrected chi connectivity index (χ1v) is 5.97.